The summed E-state index contributed by atoms with van der Waals surface area (Å²) >= 11 is 2.23. The standard InChI is InChI=1S/C15H13F3IN/c1-20-14(12-4-2-3-5-13(12)19)10-6-8-11(9-7-10)15(16,17)18/h2-9,14,20H,1H3. The molecule has 1 N–H and O–H groups in total. The molecule has 0 saturated carbocycles. The molecule has 2 aromatic carbocycles. The molecule has 0 spiro atoms. The first kappa shape index (κ1) is 15.3. The molecule has 1 atom stereocenters. The molecule has 1 nitrogen and oxygen atoms in total. The summed E-state index contributed by atoms with van der Waals surface area (Å²) in [5.74, 6) is 0. The van der Waals surface area contributed by atoms with Gasteiger partial charge in [0.25, 0.3) is 0 Å². The molecule has 0 aliphatic carbocycles. The van der Waals surface area contributed by atoms with Crippen LogP contribution in [-0.2, 0) is 6.18 Å². The molecule has 0 aliphatic heterocycles. The third kappa shape index (κ3) is 3.32. The maximum absolute atomic E-state index is 12.6. The van der Waals surface area contributed by atoms with Crippen molar-refractivity contribution >= 4 is 22.6 Å². The van der Waals surface area contributed by atoms with E-state index in [9.17, 15) is 13.2 Å². The second kappa shape index (κ2) is 6.13. The molecule has 1 unspecified atom stereocenters. The van der Waals surface area contributed by atoms with Crippen molar-refractivity contribution in [1.29, 1.82) is 0 Å². The summed E-state index contributed by atoms with van der Waals surface area (Å²) in [6.07, 6.45) is -4.30. The average Bonchev–Trinajstić information content (AvgIpc) is 2.41. The van der Waals surface area contributed by atoms with Crippen LogP contribution in [0.3, 0.4) is 0 Å². The van der Waals surface area contributed by atoms with Gasteiger partial charge < -0.3 is 5.32 Å². The molecule has 106 valence electrons. The Hall–Kier alpha value is -1.08. The van der Waals surface area contributed by atoms with Crippen LogP contribution in [-0.4, -0.2) is 7.05 Å². The van der Waals surface area contributed by atoms with Crippen molar-refractivity contribution in [3.63, 3.8) is 0 Å². The van der Waals surface area contributed by atoms with Gasteiger partial charge in [-0.3, -0.25) is 0 Å². The maximum atomic E-state index is 12.6. The molecule has 0 fully saturated rings. The minimum atomic E-state index is -4.30. The number of nitrogens with one attached hydrogen (secondary N) is 1. The van der Waals surface area contributed by atoms with Gasteiger partial charge >= 0.3 is 6.18 Å². The molecule has 2 aromatic rings. The fraction of sp³-hybridized carbons (Fsp3) is 0.200. The number of hydrogen-bond donors (Lipinski definition) is 1. The molecule has 0 heterocycles. The van der Waals surface area contributed by atoms with Crippen molar-refractivity contribution < 1.29 is 13.2 Å². The Labute approximate surface area is 129 Å². The fourth-order valence-corrected chi connectivity index (χ4v) is 2.77. The lowest BCUT2D eigenvalue weighted by atomic mass is 9.98. The summed E-state index contributed by atoms with van der Waals surface area (Å²) in [7, 11) is 1.80. The minimum absolute atomic E-state index is 0.120. The molecular weight excluding hydrogens is 378 g/mol. The second-order valence-electron chi connectivity index (χ2n) is 4.36. The predicted molar refractivity (Wildman–Crippen MR) is 81.5 cm³/mol. The predicted octanol–water partition coefficient (Wildman–Crippen LogP) is 4.62. The van der Waals surface area contributed by atoms with Gasteiger partial charge in [-0.05, 0) is 59.0 Å². The molecule has 0 saturated heterocycles. The Balaban J connectivity index is 2.36. The van der Waals surface area contributed by atoms with Gasteiger partial charge in [0, 0.05) is 3.57 Å². The van der Waals surface area contributed by atoms with Gasteiger partial charge in [0.05, 0.1) is 11.6 Å². The van der Waals surface area contributed by atoms with Crippen LogP contribution in [0.5, 0.6) is 0 Å². The lowest BCUT2D eigenvalue weighted by molar-refractivity contribution is -0.137. The zero-order chi connectivity index (χ0) is 14.8. The molecule has 0 aromatic heterocycles. The van der Waals surface area contributed by atoms with E-state index in [0.717, 1.165) is 26.8 Å². The first-order valence-electron chi connectivity index (χ1n) is 6.02. The molecule has 20 heavy (non-hydrogen) atoms. The average molecular weight is 391 g/mol. The summed E-state index contributed by atoms with van der Waals surface area (Å²) in [6, 6.07) is 13.0. The molecule has 0 amide bonds. The molecule has 2 rings (SSSR count). The summed E-state index contributed by atoms with van der Waals surface area (Å²) in [5, 5.41) is 3.15. The van der Waals surface area contributed by atoms with Gasteiger partial charge in [-0.25, -0.2) is 0 Å². The van der Waals surface area contributed by atoms with Gasteiger partial charge in [-0.15, -0.1) is 0 Å². The van der Waals surface area contributed by atoms with Crippen LogP contribution >= 0.6 is 22.6 Å². The highest BCUT2D eigenvalue weighted by Gasteiger charge is 2.30. The smallest absolute Gasteiger partial charge is 0.309 e. The van der Waals surface area contributed by atoms with E-state index in [0.29, 0.717) is 0 Å². The molecular formula is C15H13F3IN. The zero-order valence-corrected chi connectivity index (χ0v) is 12.9. The minimum Gasteiger partial charge on any atom is -0.309 e. The number of alkyl halides is 3. The Morgan fingerprint density at radius 1 is 1.00 bits per heavy atom. The van der Waals surface area contributed by atoms with Crippen LogP contribution in [0.25, 0.3) is 0 Å². The van der Waals surface area contributed by atoms with Crippen molar-refractivity contribution in [2.45, 2.75) is 12.2 Å². The summed E-state index contributed by atoms with van der Waals surface area (Å²) < 4.78 is 38.8. The van der Waals surface area contributed by atoms with Gasteiger partial charge in [0.1, 0.15) is 0 Å². The van der Waals surface area contributed by atoms with Gasteiger partial charge in [0.2, 0.25) is 0 Å². The first-order valence-corrected chi connectivity index (χ1v) is 7.10. The lowest BCUT2D eigenvalue weighted by Crippen LogP contribution is -2.19. The molecule has 5 heteroatoms. The van der Waals surface area contributed by atoms with E-state index >= 15 is 0 Å². The molecule has 0 radical (unpaired) electrons. The Bertz CT molecular complexity index is 578. The lowest BCUT2D eigenvalue weighted by Gasteiger charge is -2.19. The van der Waals surface area contributed by atoms with Crippen molar-refractivity contribution in [2.24, 2.45) is 0 Å². The van der Waals surface area contributed by atoms with Crippen molar-refractivity contribution in [1.82, 2.24) is 5.32 Å². The summed E-state index contributed by atoms with van der Waals surface area (Å²) in [4.78, 5) is 0. The number of hydrogen-bond acceptors (Lipinski definition) is 1. The Morgan fingerprint density at radius 3 is 2.10 bits per heavy atom. The Morgan fingerprint density at radius 2 is 1.60 bits per heavy atom. The van der Waals surface area contributed by atoms with Crippen LogP contribution in [0.1, 0.15) is 22.7 Å². The third-order valence-corrected chi connectivity index (χ3v) is 4.06. The highest BCUT2D eigenvalue weighted by molar-refractivity contribution is 14.1. The van der Waals surface area contributed by atoms with Crippen LogP contribution < -0.4 is 5.32 Å². The van der Waals surface area contributed by atoms with E-state index in [1.54, 1.807) is 7.05 Å². The van der Waals surface area contributed by atoms with E-state index in [2.05, 4.69) is 27.9 Å². The van der Waals surface area contributed by atoms with Crippen molar-refractivity contribution in [3.05, 3.63) is 68.8 Å². The number of halogens is 4. The first-order chi connectivity index (χ1) is 9.43. The van der Waals surface area contributed by atoms with E-state index in [-0.39, 0.29) is 6.04 Å². The molecule has 0 aliphatic rings. The van der Waals surface area contributed by atoms with E-state index in [1.807, 2.05) is 24.3 Å². The monoisotopic (exact) mass is 391 g/mol. The van der Waals surface area contributed by atoms with E-state index in [1.165, 1.54) is 12.1 Å². The van der Waals surface area contributed by atoms with Gasteiger partial charge in [-0.1, -0.05) is 30.3 Å². The topological polar surface area (TPSA) is 12.0 Å². The summed E-state index contributed by atoms with van der Waals surface area (Å²) in [5.41, 5.74) is 1.24. The van der Waals surface area contributed by atoms with Crippen LogP contribution in [0, 0.1) is 3.57 Å². The van der Waals surface area contributed by atoms with Crippen LogP contribution in [0.2, 0.25) is 0 Å². The van der Waals surface area contributed by atoms with Gasteiger partial charge in [-0.2, -0.15) is 13.2 Å². The van der Waals surface area contributed by atoms with Crippen molar-refractivity contribution in [2.75, 3.05) is 7.05 Å². The number of rotatable bonds is 3. The van der Waals surface area contributed by atoms with E-state index < -0.39 is 11.7 Å². The van der Waals surface area contributed by atoms with Crippen molar-refractivity contribution in [3.8, 4) is 0 Å². The van der Waals surface area contributed by atoms with E-state index in [4.69, 9.17) is 0 Å². The highest BCUT2D eigenvalue weighted by atomic mass is 127. The molecule has 0 bridgehead atoms. The maximum Gasteiger partial charge on any atom is 0.416 e. The number of benzene rings is 2. The Kier molecular flexibility index (Phi) is 4.70. The zero-order valence-electron chi connectivity index (χ0n) is 10.7. The fourth-order valence-electron chi connectivity index (χ4n) is 2.08. The quantitative estimate of drug-likeness (QED) is 0.754. The highest BCUT2D eigenvalue weighted by Crippen LogP contribution is 2.31. The summed E-state index contributed by atoms with van der Waals surface area (Å²) in [6.45, 7) is 0. The SMILES string of the molecule is CNC(c1ccc(C(F)(F)F)cc1)c1ccccc1I. The van der Waals surface area contributed by atoms with Crippen LogP contribution in [0.15, 0.2) is 48.5 Å². The largest absolute Gasteiger partial charge is 0.416 e. The third-order valence-electron chi connectivity index (χ3n) is 3.08. The van der Waals surface area contributed by atoms with Crippen LogP contribution in [0.4, 0.5) is 13.2 Å². The normalized spacial score (nSPS) is 13.2. The second-order valence-corrected chi connectivity index (χ2v) is 5.53. The van der Waals surface area contributed by atoms with Gasteiger partial charge in [0.15, 0.2) is 0 Å².